The SMILES string of the molecule is CCCC(NCC(C)COC)c1cccs1. The summed E-state index contributed by atoms with van der Waals surface area (Å²) in [4.78, 5) is 1.45. The smallest absolute Gasteiger partial charge is 0.0499 e. The van der Waals surface area contributed by atoms with E-state index in [0.717, 1.165) is 13.2 Å². The zero-order chi connectivity index (χ0) is 11.8. The minimum absolute atomic E-state index is 0.518. The summed E-state index contributed by atoms with van der Waals surface area (Å²) in [7, 11) is 1.76. The van der Waals surface area contributed by atoms with Gasteiger partial charge >= 0.3 is 0 Å². The molecule has 2 nitrogen and oxygen atoms in total. The molecule has 92 valence electrons. The fourth-order valence-electron chi connectivity index (χ4n) is 1.81. The Hall–Kier alpha value is -0.380. The maximum Gasteiger partial charge on any atom is 0.0499 e. The van der Waals surface area contributed by atoms with E-state index in [1.165, 1.54) is 17.7 Å². The van der Waals surface area contributed by atoms with Crippen LogP contribution in [0.3, 0.4) is 0 Å². The summed E-state index contributed by atoms with van der Waals surface area (Å²) in [6, 6.07) is 4.87. The monoisotopic (exact) mass is 241 g/mol. The maximum atomic E-state index is 5.15. The van der Waals surface area contributed by atoms with Crippen LogP contribution in [0, 0.1) is 5.92 Å². The van der Waals surface area contributed by atoms with Gasteiger partial charge in [0.25, 0.3) is 0 Å². The van der Waals surface area contributed by atoms with Crippen LogP contribution in [0.15, 0.2) is 17.5 Å². The van der Waals surface area contributed by atoms with Crippen molar-refractivity contribution in [2.24, 2.45) is 5.92 Å². The molecular weight excluding hydrogens is 218 g/mol. The van der Waals surface area contributed by atoms with E-state index in [1.807, 2.05) is 11.3 Å². The Balaban J connectivity index is 2.40. The van der Waals surface area contributed by atoms with E-state index in [1.54, 1.807) is 7.11 Å². The van der Waals surface area contributed by atoms with Gasteiger partial charge in [-0.15, -0.1) is 11.3 Å². The molecule has 2 unspecified atom stereocenters. The van der Waals surface area contributed by atoms with E-state index < -0.39 is 0 Å². The average Bonchev–Trinajstić information content (AvgIpc) is 2.78. The summed E-state index contributed by atoms with van der Waals surface area (Å²) in [5.74, 6) is 0.573. The molecule has 16 heavy (non-hydrogen) atoms. The summed E-state index contributed by atoms with van der Waals surface area (Å²) >= 11 is 1.84. The van der Waals surface area contributed by atoms with Gasteiger partial charge in [0.2, 0.25) is 0 Å². The van der Waals surface area contributed by atoms with Gasteiger partial charge in [-0.1, -0.05) is 26.3 Å². The Morgan fingerprint density at radius 3 is 2.88 bits per heavy atom. The molecule has 0 spiro atoms. The van der Waals surface area contributed by atoms with Crippen molar-refractivity contribution in [3.63, 3.8) is 0 Å². The number of nitrogens with one attached hydrogen (secondary N) is 1. The van der Waals surface area contributed by atoms with Gasteiger partial charge in [-0.3, -0.25) is 0 Å². The zero-order valence-electron chi connectivity index (χ0n) is 10.5. The summed E-state index contributed by atoms with van der Waals surface area (Å²) in [5.41, 5.74) is 0. The first-order valence-electron chi connectivity index (χ1n) is 6.03. The van der Waals surface area contributed by atoms with Crippen LogP contribution in [0.2, 0.25) is 0 Å². The molecule has 1 N–H and O–H groups in total. The van der Waals surface area contributed by atoms with Gasteiger partial charge in [0.1, 0.15) is 0 Å². The summed E-state index contributed by atoms with van der Waals surface area (Å²) in [6.07, 6.45) is 2.43. The normalized spacial score (nSPS) is 14.9. The second-order valence-corrected chi connectivity index (χ2v) is 5.30. The first kappa shape index (κ1) is 13.7. The van der Waals surface area contributed by atoms with E-state index in [0.29, 0.717) is 12.0 Å². The van der Waals surface area contributed by atoms with E-state index in [4.69, 9.17) is 4.74 Å². The van der Waals surface area contributed by atoms with Gasteiger partial charge in [0.15, 0.2) is 0 Å². The van der Waals surface area contributed by atoms with Crippen LogP contribution in [0.1, 0.15) is 37.6 Å². The van der Waals surface area contributed by atoms with Crippen LogP contribution in [0.5, 0.6) is 0 Å². The largest absolute Gasteiger partial charge is 0.384 e. The van der Waals surface area contributed by atoms with Crippen molar-refractivity contribution in [1.82, 2.24) is 5.32 Å². The van der Waals surface area contributed by atoms with Crippen molar-refractivity contribution in [3.05, 3.63) is 22.4 Å². The van der Waals surface area contributed by atoms with Crippen molar-refractivity contribution in [1.29, 1.82) is 0 Å². The molecular formula is C13H23NOS. The third kappa shape index (κ3) is 4.64. The minimum atomic E-state index is 0.518. The lowest BCUT2D eigenvalue weighted by Crippen LogP contribution is -2.27. The highest BCUT2D eigenvalue weighted by Gasteiger charge is 2.12. The number of thiophene rings is 1. The second-order valence-electron chi connectivity index (χ2n) is 4.33. The fourth-order valence-corrected chi connectivity index (χ4v) is 2.65. The van der Waals surface area contributed by atoms with Crippen molar-refractivity contribution in [3.8, 4) is 0 Å². The molecule has 3 heteroatoms. The van der Waals surface area contributed by atoms with Crippen molar-refractivity contribution < 1.29 is 4.74 Å². The Bertz CT molecular complexity index is 261. The second kappa shape index (κ2) is 7.82. The standard InChI is InChI=1S/C13H23NOS/c1-4-6-12(13-7-5-8-16-13)14-9-11(2)10-15-3/h5,7-8,11-12,14H,4,6,9-10H2,1-3H3. The topological polar surface area (TPSA) is 21.3 Å². The Morgan fingerprint density at radius 1 is 1.50 bits per heavy atom. The highest BCUT2D eigenvalue weighted by atomic mass is 32.1. The van der Waals surface area contributed by atoms with Gasteiger partial charge in [-0.25, -0.2) is 0 Å². The lowest BCUT2D eigenvalue weighted by atomic mass is 10.1. The van der Waals surface area contributed by atoms with E-state index >= 15 is 0 Å². The molecule has 1 aromatic rings. The van der Waals surface area contributed by atoms with Gasteiger partial charge in [0, 0.05) is 31.2 Å². The molecule has 0 aliphatic carbocycles. The number of ether oxygens (including phenoxy) is 1. The van der Waals surface area contributed by atoms with Crippen LogP contribution in [-0.4, -0.2) is 20.3 Å². The third-order valence-corrected chi connectivity index (χ3v) is 3.61. The van der Waals surface area contributed by atoms with Crippen LogP contribution in [-0.2, 0) is 4.74 Å². The maximum absolute atomic E-state index is 5.15. The quantitative estimate of drug-likeness (QED) is 0.752. The first-order chi connectivity index (χ1) is 7.77. The molecule has 0 radical (unpaired) electrons. The Kier molecular flexibility index (Phi) is 6.69. The van der Waals surface area contributed by atoms with E-state index in [2.05, 4.69) is 36.7 Å². The molecule has 1 aromatic heterocycles. The number of rotatable bonds is 8. The molecule has 0 saturated heterocycles. The Morgan fingerprint density at radius 2 is 2.31 bits per heavy atom. The average molecular weight is 241 g/mol. The number of methoxy groups -OCH3 is 1. The molecule has 0 aliphatic rings. The predicted octanol–water partition coefficient (Wildman–Crippen LogP) is 3.46. The summed E-state index contributed by atoms with van der Waals surface area (Å²) in [5, 5.41) is 5.79. The third-order valence-electron chi connectivity index (χ3n) is 2.63. The molecule has 1 rings (SSSR count). The molecule has 0 bridgehead atoms. The summed E-state index contributed by atoms with van der Waals surface area (Å²) in [6.45, 7) is 6.31. The highest BCUT2D eigenvalue weighted by Crippen LogP contribution is 2.23. The van der Waals surface area contributed by atoms with Crippen LogP contribution < -0.4 is 5.32 Å². The van der Waals surface area contributed by atoms with E-state index in [9.17, 15) is 0 Å². The first-order valence-corrected chi connectivity index (χ1v) is 6.91. The zero-order valence-corrected chi connectivity index (χ0v) is 11.3. The molecule has 0 aliphatic heterocycles. The molecule has 1 heterocycles. The number of hydrogen-bond acceptors (Lipinski definition) is 3. The molecule has 0 aromatic carbocycles. The van der Waals surface area contributed by atoms with E-state index in [-0.39, 0.29) is 0 Å². The van der Waals surface area contributed by atoms with Crippen LogP contribution in [0.4, 0.5) is 0 Å². The lowest BCUT2D eigenvalue weighted by molar-refractivity contribution is 0.156. The van der Waals surface area contributed by atoms with Crippen molar-refractivity contribution in [2.45, 2.75) is 32.7 Å². The van der Waals surface area contributed by atoms with Crippen molar-refractivity contribution >= 4 is 11.3 Å². The van der Waals surface area contributed by atoms with Gasteiger partial charge in [-0.05, 0) is 23.8 Å². The van der Waals surface area contributed by atoms with Crippen LogP contribution in [0.25, 0.3) is 0 Å². The predicted molar refractivity (Wildman–Crippen MR) is 71.0 cm³/mol. The minimum Gasteiger partial charge on any atom is -0.384 e. The molecule has 0 amide bonds. The highest BCUT2D eigenvalue weighted by molar-refractivity contribution is 7.10. The van der Waals surface area contributed by atoms with Gasteiger partial charge < -0.3 is 10.1 Å². The van der Waals surface area contributed by atoms with Crippen LogP contribution >= 0.6 is 11.3 Å². The molecule has 0 fully saturated rings. The van der Waals surface area contributed by atoms with Crippen molar-refractivity contribution in [2.75, 3.05) is 20.3 Å². The Labute approximate surface area is 103 Å². The van der Waals surface area contributed by atoms with Gasteiger partial charge in [-0.2, -0.15) is 0 Å². The number of hydrogen-bond donors (Lipinski definition) is 1. The fraction of sp³-hybridized carbons (Fsp3) is 0.692. The summed E-state index contributed by atoms with van der Waals surface area (Å²) < 4.78 is 5.15. The molecule has 2 atom stereocenters. The van der Waals surface area contributed by atoms with Gasteiger partial charge in [0.05, 0.1) is 0 Å². The molecule has 0 saturated carbocycles. The lowest BCUT2D eigenvalue weighted by Gasteiger charge is -2.19.